The van der Waals surface area contributed by atoms with Gasteiger partial charge in [0.25, 0.3) is 5.91 Å². The van der Waals surface area contributed by atoms with Crippen LogP contribution in [0.25, 0.3) is 0 Å². The highest BCUT2D eigenvalue weighted by Crippen LogP contribution is 2.26. The fourth-order valence-electron chi connectivity index (χ4n) is 4.02. The van der Waals surface area contributed by atoms with Crippen LogP contribution in [0.2, 0.25) is 0 Å². The summed E-state index contributed by atoms with van der Waals surface area (Å²) in [5.41, 5.74) is 3.47. The van der Waals surface area contributed by atoms with E-state index in [1.807, 2.05) is 77.7 Å². The van der Waals surface area contributed by atoms with Crippen LogP contribution in [-0.2, 0) is 11.3 Å². The first-order chi connectivity index (χ1) is 16.1. The van der Waals surface area contributed by atoms with Crippen molar-refractivity contribution in [1.29, 1.82) is 0 Å². The van der Waals surface area contributed by atoms with Gasteiger partial charge < -0.3 is 19.7 Å². The topological polar surface area (TPSA) is 67.9 Å². The lowest BCUT2D eigenvalue weighted by atomic mass is 9.97. The van der Waals surface area contributed by atoms with Gasteiger partial charge in [-0.15, -0.1) is 0 Å². The number of nitrogens with one attached hydrogen (secondary N) is 1. The van der Waals surface area contributed by atoms with Crippen LogP contribution in [0.1, 0.15) is 45.9 Å². The smallest absolute Gasteiger partial charge is 0.252 e. The van der Waals surface area contributed by atoms with Crippen molar-refractivity contribution in [2.75, 3.05) is 20.8 Å². The van der Waals surface area contributed by atoms with Gasteiger partial charge in [0.1, 0.15) is 11.5 Å². The molecular weight excluding hydrogens is 416 g/mol. The Morgan fingerprint density at radius 1 is 0.879 bits per heavy atom. The molecule has 1 aliphatic heterocycles. The van der Waals surface area contributed by atoms with Crippen molar-refractivity contribution in [1.82, 2.24) is 10.2 Å². The number of likely N-dealkylation sites (tertiary alicyclic amines) is 1. The molecular formula is C27H28N2O4. The number of methoxy groups -OCH3 is 2. The van der Waals surface area contributed by atoms with E-state index in [1.54, 1.807) is 14.2 Å². The molecule has 6 heteroatoms. The van der Waals surface area contributed by atoms with Gasteiger partial charge in [0.2, 0.25) is 5.91 Å². The monoisotopic (exact) mass is 444 g/mol. The summed E-state index contributed by atoms with van der Waals surface area (Å²) in [5.74, 6) is 1.53. The second-order valence-corrected chi connectivity index (χ2v) is 8.07. The minimum absolute atomic E-state index is 0.171. The lowest BCUT2D eigenvalue weighted by Crippen LogP contribution is -2.29. The zero-order chi connectivity index (χ0) is 23.2. The summed E-state index contributed by atoms with van der Waals surface area (Å²) in [5, 5.41) is 3.16. The van der Waals surface area contributed by atoms with Gasteiger partial charge in [-0.2, -0.15) is 0 Å². The van der Waals surface area contributed by atoms with E-state index in [4.69, 9.17) is 9.47 Å². The maximum absolute atomic E-state index is 13.1. The number of amides is 2. The van der Waals surface area contributed by atoms with Gasteiger partial charge in [0.15, 0.2) is 0 Å². The van der Waals surface area contributed by atoms with Crippen molar-refractivity contribution >= 4 is 11.8 Å². The van der Waals surface area contributed by atoms with Crippen molar-refractivity contribution < 1.29 is 19.1 Å². The number of hydrogen-bond donors (Lipinski definition) is 1. The van der Waals surface area contributed by atoms with Crippen LogP contribution in [0.3, 0.4) is 0 Å². The van der Waals surface area contributed by atoms with E-state index in [9.17, 15) is 9.59 Å². The number of carbonyl (C=O) groups is 2. The lowest BCUT2D eigenvalue weighted by molar-refractivity contribution is -0.128. The van der Waals surface area contributed by atoms with Crippen LogP contribution >= 0.6 is 0 Å². The normalized spacial score (nSPS) is 13.3. The number of benzene rings is 3. The number of ether oxygens (including phenoxy) is 2. The molecule has 3 aromatic carbocycles. The van der Waals surface area contributed by atoms with Crippen molar-refractivity contribution in [2.45, 2.75) is 25.4 Å². The molecule has 33 heavy (non-hydrogen) atoms. The Hall–Kier alpha value is -3.80. The number of hydrogen-bond acceptors (Lipinski definition) is 4. The third kappa shape index (κ3) is 5.34. The summed E-state index contributed by atoms with van der Waals surface area (Å²) in [6.07, 6.45) is 1.54. The maximum atomic E-state index is 13.1. The predicted octanol–water partition coefficient (Wildman–Crippen LogP) is 4.35. The highest BCUT2D eigenvalue weighted by molar-refractivity contribution is 5.94. The minimum atomic E-state index is -0.337. The highest BCUT2D eigenvalue weighted by Gasteiger charge is 2.21. The fraction of sp³-hybridized carbons (Fsp3) is 0.259. The molecule has 1 heterocycles. The third-order valence-electron chi connectivity index (χ3n) is 5.93. The molecule has 1 fully saturated rings. The third-order valence-corrected chi connectivity index (χ3v) is 5.93. The Kier molecular flexibility index (Phi) is 6.93. The second kappa shape index (κ2) is 10.2. The first-order valence-corrected chi connectivity index (χ1v) is 11.0. The molecule has 6 nitrogen and oxygen atoms in total. The fourth-order valence-corrected chi connectivity index (χ4v) is 4.02. The summed E-state index contributed by atoms with van der Waals surface area (Å²) in [6.45, 7) is 1.38. The van der Waals surface area contributed by atoms with Crippen LogP contribution in [0.4, 0.5) is 0 Å². The van der Waals surface area contributed by atoms with E-state index in [1.165, 1.54) is 0 Å². The Morgan fingerprint density at radius 2 is 1.42 bits per heavy atom. The van der Waals surface area contributed by atoms with E-state index < -0.39 is 0 Å². The average Bonchev–Trinajstić information content (AvgIpc) is 3.27. The van der Waals surface area contributed by atoms with Gasteiger partial charge in [0, 0.05) is 25.1 Å². The van der Waals surface area contributed by atoms with Crippen molar-refractivity contribution in [2.24, 2.45) is 0 Å². The molecule has 2 amide bonds. The molecule has 3 aromatic rings. The van der Waals surface area contributed by atoms with Gasteiger partial charge in [-0.05, 0) is 59.5 Å². The Labute approximate surface area is 194 Å². The number of nitrogens with zero attached hydrogens (tertiary/aromatic N) is 1. The van der Waals surface area contributed by atoms with Gasteiger partial charge in [-0.1, -0.05) is 36.4 Å². The van der Waals surface area contributed by atoms with Crippen molar-refractivity contribution in [3.63, 3.8) is 0 Å². The van der Waals surface area contributed by atoms with Gasteiger partial charge in [0.05, 0.1) is 20.3 Å². The molecule has 0 aliphatic carbocycles. The first kappa shape index (κ1) is 22.4. The molecule has 170 valence electrons. The van der Waals surface area contributed by atoms with Gasteiger partial charge in [-0.3, -0.25) is 9.59 Å². The molecule has 0 saturated carbocycles. The molecule has 0 bridgehead atoms. The molecule has 0 radical (unpaired) electrons. The number of carbonyl (C=O) groups excluding carboxylic acids is 2. The second-order valence-electron chi connectivity index (χ2n) is 8.07. The zero-order valence-electron chi connectivity index (χ0n) is 18.9. The molecule has 0 unspecified atom stereocenters. The maximum Gasteiger partial charge on any atom is 0.252 e. The summed E-state index contributed by atoms with van der Waals surface area (Å²) in [6, 6.07) is 22.4. The summed E-state index contributed by atoms with van der Waals surface area (Å²) in [7, 11) is 3.25. The summed E-state index contributed by atoms with van der Waals surface area (Å²) in [4.78, 5) is 26.9. The average molecular weight is 445 g/mol. The molecule has 4 rings (SSSR count). The molecule has 0 spiro atoms. The minimum Gasteiger partial charge on any atom is -0.497 e. The van der Waals surface area contributed by atoms with E-state index in [2.05, 4.69) is 5.32 Å². The predicted molar refractivity (Wildman–Crippen MR) is 126 cm³/mol. The highest BCUT2D eigenvalue weighted by atomic mass is 16.5. The Bertz CT molecular complexity index is 1040. The van der Waals surface area contributed by atoms with Gasteiger partial charge >= 0.3 is 0 Å². The van der Waals surface area contributed by atoms with E-state index >= 15 is 0 Å². The summed E-state index contributed by atoms with van der Waals surface area (Å²) >= 11 is 0. The summed E-state index contributed by atoms with van der Waals surface area (Å²) < 4.78 is 10.5. The Morgan fingerprint density at radius 3 is 1.88 bits per heavy atom. The number of rotatable bonds is 8. The first-order valence-electron chi connectivity index (χ1n) is 11.0. The molecule has 1 N–H and O–H groups in total. The molecule has 1 aliphatic rings. The SMILES string of the molecule is COc1ccc(C(NC(=O)c2ccc(CN3CCCC3=O)cc2)c2ccc(OC)cc2)cc1. The molecule has 0 atom stereocenters. The van der Waals surface area contributed by atoms with Crippen LogP contribution in [-0.4, -0.2) is 37.5 Å². The van der Waals surface area contributed by atoms with Crippen LogP contribution < -0.4 is 14.8 Å². The Balaban J connectivity index is 1.53. The van der Waals surface area contributed by atoms with Crippen LogP contribution in [0.15, 0.2) is 72.8 Å². The van der Waals surface area contributed by atoms with E-state index in [0.29, 0.717) is 18.5 Å². The largest absolute Gasteiger partial charge is 0.497 e. The van der Waals surface area contributed by atoms with E-state index in [-0.39, 0.29) is 17.9 Å². The van der Waals surface area contributed by atoms with Gasteiger partial charge in [-0.25, -0.2) is 0 Å². The molecule has 1 saturated heterocycles. The lowest BCUT2D eigenvalue weighted by Gasteiger charge is -2.21. The van der Waals surface area contributed by atoms with Crippen molar-refractivity contribution in [3.8, 4) is 11.5 Å². The van der Waals surface area contributed by atoms with E-state index in [0.717, 1.165) is 41.2 Å². The van der Waals surface area contributed by atoms with Crippen LogP contribution in [0, 0.1) is 0 Å². The standard InChI is InChI=1S/C27H28N2O4/c1-32-23-13-9-20(10-14-23)26(21-11-15-24(33-2)16-12-21)28-27(31)22-7-5-19(6-8-22)18-29-17-3-4-25(29)30/h5-16,26H,3-4,17-18H2,1-2H3,(H,28,31). The quantitative estimate of drug-likeness (QED) is 0.561. The molecule has 0 aromatic heterocycles. The zero-order valence-corrected chi connectivity index (χ0v) is 18.9. The van der Waals surface area contributed by atoms with Crippen LogP contribution in [0.5, 0.6) is 11.5 Å². The van der Waals surface area contributed by atoms with Crippen molar-refractivity contribution in [3.05, 3.63) is 95.1 Å².